The molecular weight excluding hydrogens is 288 g/mol. The molecule has 0 unspecified atom stereocenters. The van der Waals surface area contributed by atoms with Crippen LogP contribution in [0, 0.1) is 5.41 Å². The first-order chi connectivity index (χ1) is 10.2. The Labute approximate surface area is 129 Å². The quantitative estimate of drug-likeness (QED) is 0.810. The van der Waals surface area contributed by atoms with E-state index in [2.05, 4.69) is 20.2 Å². The van der Waals surface area contributed by atoms with Gasteiger partial charge in [0.15, 0.2) is 5.82 Å². The molecule has 0 atom stereocenters. The van der Waals surface area contributed by atoms with Crippen LogP contribution in [0.5, 0.6) is 0 Å². The molecule has 112 valence electrons. The van der Waals surface area contributed by atoms with Gasteiger partial charge in [-0.05, 0) is 37.3 Å². The number of halogens is 1. The molecule has 21 heavy (non-hydrogen) atoms. The highest BCUT2D eigenvalue weighted by molar-refractivity contribution is 6.28. The topological polar surface area (TPSA) is 58.1 Å². The molecule has 0 saturated heterocycles. The molecule has 1 aliphatic heterocycles. The fourth-order valence-electron chi connectivity index (χ4n) is 3.62. The molecule has 6 heteroatoms. The number of hydrogen-bond donors (Lipinski definition) is 1. The lowest BCUT2D eigenvalue weighted by Crippen LogP contribution is -2.42. The Morgan fingerprint density at radius 2 is 2.05 bits per heavy atom. The molecule has 1 spiro atoms. The molecule has 3 aliphatic rings. The Morgan fingerprint density at radius 1 is 1.29 bits per heavy atom. The molecule has 2 saturated carbocycles. The van der Waals surface area contributed by atoms with Gasteiger partial charge < -0.3 is 10.2 Å². The smallest absolute Gasteiger partial charge is 0.232 e. The third-order valence-electron chi connectivity index (χ3n) is 5.08. The molecule has 2 fully saturated rings. The van der Waals surface area contributed by atoms with E-state index in [0.29, 0.717) is 11.7 Å². The van der Waals surface area contributed by atoms with Crippen molar-refractivity contribution in [1.82, 2.24) is 9.97 Å². The van der Waals surface area contributed by atoms with Gasteiger partial charge in [0.25, 0.3) is 0 Å². The second-order valence-electron chi connectivity index (χ2n) is 6.53. The van der Waals surface area contributed by atoms with Gasteiger partial charge in [-0.15, -0.1) is 0 Å². The van der Waals surface area contributed by atoms with Crippen LogP contribution in [0.4, 0.5) is 11.5 Å². The minimum atomic E-state index is -0.218. The Hall–Kier alpha value is -1.36. The van der Waals surface area contributed by atoms with Crippen LogP contribution in [0.3, 0.4) is 0 Å². The number of nitrogens with zero attached hydrogens (tertiary/aromatic N) is 3. The second-order valence-corrected chi connectivity index (χ2v) is 6.87. The van der Waals surface area contributed by atoms with Crippen molar-refractivity contribution in [3.05, 3.63) is 11.5 Å². The van der Waals surface area contributed by atoms with Crippen LogP contribution in [0.1, 0.15) is 44.9 Å². The minimum absolute atomic E-state index is 0.119. The molecule has 0 aromatic carbocycles. The average Bonchev–Trinajstić information content (AvgIpc) is 3.29. The van der Waals surface area contributed by atoms with Crippen molar-refractivity contribution >= 4 is 29.0 Å². The molecule has 1 amide bonds. The fourth-order valence-corrected chi connectivity index (χ4v) is 3.75. The van der Waals surface area contributed by atoms with Crippen LogP contribution >= 0.6 is 11.6 Å². The lowest BCUT2D eigenvalue weighted by molar-refractivity contribution is -0.120. The van der Waals surface area contributed by atoms with Crippen LogP contribution in [0.25, 0.3) is 0 Å². The van der Waals surface area contributed by atoms with E-state index >= 15 is 0 Å². The minimum Gasteiger partial charge on any atom is -0.351 e. The van der Waals surface area contributed by atoms with Crippen LogP contribution in [-0.4, -0.2) is 28.5 Å². The molecule has 0 radical (unpaired) electrons. The van der Waals surface area contributed by atoms with E-state index in [0.717, 1.165) is 25.2 Å². The largest absolute Gasteiger partial charge is 0.351 e. The Balaban J connectivity index is 1.75. The number of rotatable bonds is 1. The predicted molar refractivity (Wildman–Crippen MR) is 81.6 cm³/mol. The lowest BCUT2D eigenvalue weighted by Gasteiger charge is -2.36. The van der Waals surface area contributed by atoms with Crippen LogP contribution in [0.15, 0.2) is 6.20 Å². The van der Waals surface area contributed by atoms with E-state index in [1.165, 1.54) is 32.1 Å². The monoisotopic (exact) mass is 306 g/mol. The predicted octanol–water partition coefficient (Wildman–Crippen LogP) is 3.00. The van der Waals surface area contributed by atoms with Crippen molar-refractivity contribution in [2.75, 3.05) is 16.8 Å². The molecule has 0 bridgehead atoms. The van der Waals surface area contributed by atoms with E-state index in [4.69, 9.17) is 11.6 Å². The van der Waals surface area contributed by atoms with Gasteiger partial charge in [0.2, 0.25) is 11.2 Å². The molecule has 1 aromatic heterocycles. The van der Waals surface area contributed by atoms with E-state index in [9.17, 15) is 4.79 Å². The van der Waals surface area contributed by atoms with Gasteiger partial charge in [0.05, 0.1) is 11.6 Å². The number of carbonyl (C=O) groups excluding carboxylic acids is 1. The van der Waals surface area contributed by atoms with Crippen molar-refractivity contribution < 1.29 is 4.79 Å². The summed E-state index contributed by atoms with van der Waals surface area (Å²) in [7, 11) is 0. The van der Waals surface area contributed by atoms with Gasteiger partial charge in [-0.3, -0.25) is 4.79 Å². The average molecular weight is 307 g/mol. The first-order valence-electron chi connectivity index (χ1n) is 7.79. The van der Waals surface area contributed by atoms with E-state index < -0.39 is 0 Å². The zero-order valence-corrected chi connectivity index (χ0v) is 12.7. The molecule has 1 N–H and O–H groups in total. The lowest BCUT2D eigenvalue weighted by atomic mass is 9.93. The molecular formula is C15H19ClN4O. The number of hydrogen-bond acceptors (Lipinski definition) is 4. The third-order valence-corrected chi connectivity index (χ3v) is 5.27. The Morgan fingerprint density at radius 3 is 2.76 bits per heavy atom. The summed E-state index contributed by atoms with van der Waals surface area (Å²) < 4.78 is 0. The summed E-state index contributed by atoms with van der Waals surface area (Å²) >= 11 is 6.00. The first-order valence-corrected chi connectivity index (χ1v) is 8.16. The highest BCUT2D eigenvalue weighted by Gasteiger charge is 2.53. The summed E-state index contributed by atoms with van der Waals surface area (Å²) in [4.78, 5) is 23.2. The Bertz CT molecular complexity index is 581. The van der Waals surface area contributed by atoms with Crippen LogP contribution in [0.2, 0.25) is 5.28 Å². The maximum Gasteiger partial charge on any atom is 0.232 e. The van der Waals surface area contributed by atoms with Crippen molar-refractivity contribution in [3.8, 4) is 0 Å². The van der Waals surface area contributed by atoms with Crippen molar-refractivity contribution in [2.24, 2.45) is 5.41 Å². The van der Waals surface area contributed by atoms with E-state index in [1.54, 1.807) is 6.20 Å². The summed E-state index contributed by atoms with van der Waals surface area (Å²) in [5, 5.41) is 3.25. The molecule has 4 rings (SSSR count). The van der Waals surface area contributed by atoms with Gasteiger partial charge in [-0.2, -0.15) is 4.98 Å². The maximum absolute atomic E-state index is 12.4. The number of amides is 1. The summed E-state index contributed by atoms with van der Waals surface area (Å²) in [6, 6.07) is 0.466. The van der Waals surface area contributed by atoms with Gasteiger partial charge in [-0.25, -0.2) is 4.98 Å². The Kier molecular flexibility index (Phi) is 3.06. The molecule has 1 aromatic rings. The van der Waals surface area contributed by atoms with Crippen molar-refractivity contribution in [1.29, 1.82) is 0 Å². The summed E-state index contributed by atoms with van der Waals surface area (Å²) in [5.41, 5.74) is 0.490. The van der Waals surface area contributed by atoms with Gasteiger partial charge in [0.1, 0.15) is 5.69 Å². The molecule has 2 aliphatic carbocycles. The van der Waals surface area contributed by atoms with E-state index in [-0.39, 0.29) is 16.6 Å². The molecule has 2 heterocycles. The highest BCUT2D eigenvalue weighted by Crippen LogP contribution is 2.51. The van der Waals surface area contributed by atoms with Gasteiger partial charge >= 0.3 is 0 Å². The van der Waals surface area contributed by atoms with Crippen molar-refractivity contribution in [2.45, 2.75) is 51.0 Å². The summed E-state index contributed by atoms with van der Waals surface area (Å²) in [6.45, 7) is 0.768. The normalized spacial score (nSPS) is 24.4. The zero-order chi connectivity index (χ0) is 14.4. The van der Waals surface area contributed by atoms with Gasteiger partial charge in [0, 0.05) is 12.6 Å². The van der Waals surface area contributed by atoms with Crippen LogP contribution in [-0.2, 0) is 4.79 Å². The molecule has 5 nitrogen and oxygen atoms in total. The summed E-state index contributed by atoms with van der Waals surface area (Å²) in [6.07, 6.45) is 9.74. The number of carbonyl (C=O) groups is 1. The fraction of sp³-hybridized carbons (Fsp3) is 0.667. The highest BCUT2D eigenvalue weighted by atomic mass is 35.5. The first kappa shape index (κ1) is 13.3. The maximum atomic E-state index is 12.4. The third kappa shape index (κ3) is 2.27. The SMILES string of the molecule is O=C1Nc2cnc(Cl)nc2N(C2CCCCC2)CC12CC2. The zero-order valence-electron chi connectivity index (χ0n) is 11.9. The standard InChI is InChI=1S/C15H19ClN4O/c16-14-17-8-11-12(19-14)20(10-4-2-1-3-5-10)9-15(6-7-15)13(21)18-11/h8,10H,1-7,9H2,(H,18,21). The number of anilines is 2. The second kappa shape index (κ2) is 4.83. The number of nitrogens with one attached hydrogen (secondary N) is 1. The van der Waals surface area contributed by atoms with E-state index in [1.807, 2.05) is 0 Å². The summed E-state index contributed by atoms with van der Waals surface area (Å²) in [5.74, 6) is 0.923. The number of aromatic nitrogens is 2. The van der Waals surface area contributed by atoms with Crippen molar-refractivity contribution in [3.63, 3.8) is 0 Å². The van der Waals surface area contributed by atoms with Crippen LogP contribution < -0.4 is 10.2 Å². The van der Waals surface area contributed by atoms with Gasteiger partial charge in [-0.1, -0.05) is 19.3 Å². The number of fused-ring (bicyclic) bond motifs is 1.